The van der Waals surface area contributed by atoms with Crippen LogP contribution in [0.5, 0.6) is 0 Å². The number of pyridine rings is 1. The molecule has 2 heterocycles. The topological polar surface area (TPSA) is 17.8 Å². The molecule has 1 aliphatic rings. The van der Waals surface area contributed by atoms with Crippen LogP contribution in [0.3, 0.4) is 0 Å². The Bertz CT molecular complexity index is 1430. The van der Waals surface area contributed by atoms with Gasteiger partial charge in [0.2, 0.25) is 0 Å². The quantitative estimate of drug-likeness (QED) is 0.287. The molecule has 5 aromatic rings. The standard InChI is InChI=1S/C30H30N2/c1-20(2)32-28-11-7-6-10-26(28)27-15-13-24(19-29(27)32)30-25-14-12-22(18-23(25)16-17-31-30)21-8-4-3-5-9-21/h6-7,10-21H,3-5,8-9H2,1-2H3. The van der Waals surface area contributed by atoms with Crippen LogP contribution < -0.4 is 0 Å². The van der Waals surface area contributed by atoms with Crippen molar-refractivity contribution in [2.45, 2.75) is 57.9 Å². The van der Waals surface area contributed by atoms with Crippen molar-refractivity contribution >= 4 is 32.6 Å². The van der Waals surface area contributed by atoms with Gasteiger partial charge < -0.3 is 4.57 Å². The first kappa shape index (κ1) is 19.5. The molecule has 0 amide bonds. The molecule has 0 spiro atoms. The van der Waals surface area contributed by atoms with Gasteiger partial charge in [-0.25, -0.2) is 0 Å². The second kappa shape index (κ2) is 7.78. The summed E-state index contributed by atoms with van der Waals surface area (Å²) in [5, 5.41) is 5.20. The van der Waals surface area contributed by atoms with Crippen LogP contribution in [0.4, 0.5) is 0 Å². The molecule has 0 saturated heterocycles. The molecule has 0 bridgehead atoms. The summed E-state index contributed by atoms with van der Waals surface area (Å²) in [5.41, 5.74) is 6.37. The summed E-state index contributed by atoms with van der Waals surface area (Å²) in [7, 11) is 0. The van der Waals surface area contributed by atoms with E-state index in [4.69, 9.17) is 4.98 Å². The number of rotatable bonds is 3. The van der Waals surface area contributed by atoms with Gasteiger partial charge in [0.05, 0.1) is 11.2 Å². The van der Waals surface area contributed by atoms with E-state index in [0.29, 0.717) is 6.04 Å². The Morgan fingerprint density at radius 1 is 0.781 bits per heavy atom. The van der Waals surface area contributed by atoms with Crippen molar-refractivity contribution in [3.63, 3.8) is 0 Å². The molecular weight excluding hydrogens is 388 g/mol. The molecule has 1 aliphatic carbocycles. The number of fused-ring (bicyclic) bond motifs is 4. The molecule has 1 saturated carbocycles. The highest BCUT2D eigenvalue weighted by molar-refractivity contribution is 6.09. The number of aromatic nitrogens is 2. The van der Waals surface area contributed by atoms with Crippen molar-refractivity contribution in [2.75, 3.05) is 0 Å². The first-order valence-corrected chi connectivity index (χ1v) is 12.1. The van der Waals surface area contributed by atoms with Crippen molar-refractivity contribution in [3.05, 3.63) is 78.5 Å². The van der Waals surface area contributed by atoms with Crippen LogP contribution in [0.1, 0.15) is 63.5 Å². The molecule has 2 nitrogen and oxygen atoms in total. The Labute approximate surface area is 189 Å². The lowest BCUT2D eigenvalue weighted by atomic mass is 9.83. The lowest BCUT2D eigenvalue weighted by Crippen LogP contribution is -2.04. The predicted molar refractivity (Wildman–Crippen MR) is 136 cm³/mol. The third-order valence-corrected chi connectivity index (χ3v) is 7.37. The zero-order valence-electron chi connectivity index (χ0n) is 19.0. The fraction of sp³-hybridized carbons (Fsp3) is 0.300. The van der Waals surface area contributed by atoms with Crippen molar-refractivity contribution < 1.29 is 0 Å². The number of nitrogens with zero attached hydrogens (tertiary/aromatic N) is 2. The molecule has 0 atom stereocenters. The van der Waals surface area contributed by atoms with Crippen molar-refractivity contribution in [1.82, 2.24) is 9.55 Å². The van der Waals surface area contributed by atoms with Gasteiger partial charge >= 0.3 is 0 Å². The Balaban J connectivity index is 1.51. The average Bonchev–Trinajstić information content (AvgIpc) is 3.18. The Morgan fingerprint density at radius 2 is 1.56 bits per heavy atom. The van der Waals surface area contributed by atoms with E-state index in [9.17, 15) is 0 Å². The number of benzene rings is 3. The van der Waals surface area contributed by atoms with Gasteiger partial charge in [0.25, 0.3) is 0 Å². The highest BCUT2D eigenvalue weighted by atomic mass is 15.0. The molecule has 32 heavy (non-hydrogen) atoms. The van der Waals surface area contributed by atoms with Gasteiger partial charge in [-0.2, -0.15) is 0 Å². The zero-order valence-corrected chi connectivity index (χ0v) is 19.0. The number of hydrogen-bond donors (Lipinski definition) is 0. The molecule has 0 N–H and O–H groups in total. The summed E-state index contributed by atoms with van der Waals surface area (Å²) in [4.78, 5) is 4.85. The minimum absolute atomic E-state index is 0.395. The fourth-order valence-electron chi connectivity index (χ4n) is 5.82. The summed E-state index contributed by atoms with van der Waals surface area (Å²) in [6.45, 7) is 4.53. The van der Waals surface area contributed by atoms with Crippen molar-refractivity contribution in [1.29, 1.82) is 0 Å². The molecule has 0 radical (unpaired) electrons. The average molecular weight is 419 g/mol. The second-order valence-corrected chi connectivity index (χ2v) is 9.69. The van der Waals surface area contributed by atoms with E-state index in [0.717, 1.165) is 11.6 Å². The molecule has 1 fully saturated rings. The molecular formula is C30H30N2. The first-order chi connectivity index (χ1) is 15.7. The summed E-state index contributed by atoms with van der Waals surface area (Å²) in [5.74, 6) is 0.725. The van der Waals surface area contributed by atoms with E-state index in [1.54, 1.807) is 0 Å². The number of para-hydroxylation sites is 1. The maximum absolute atomic E-state index is 4.85. The maximum Gasteiger partial charge on any atom is 0.0781 e. The van der Waals surface area contributed by atoms with Crippen LogP contribution in [-0.2, 0) is 0 Å². The minimum Gasteiger partial charge on any atom is -0.338 e. The highest BCUT2D eigenvalue weighted by Crippen LogP contribution is 2.38. The molecule has 6 rings (SSSR count). The lowest BCUT2D eigenvalue weighted by molar-refractivity contribution is 0.444. The lowest BCUT2D eigenvalue weighted by Gasteiger charge is -2.22. The molecule has 3 aromatic carbocycles. The first-order valence-electron chi connectivity index (χ1n) is 12.1. The third kappa shape index (κ3) is 3.12. The van der Waals surface area contributed by atoms with E-state index in [1.807, 2.05) is 6.20 Å². The zero-order chi connectivity index (χ0) is 21.7. The molecule has 0 unspecified atom stereocenters. The van der Waals surface area contributed by atoms with Gasteiger partial charge in [-0.1, -0.05) is 67.8 Å². The van der Waals surface area contributed by atoms with Gasteiger partial charge in [-0.3, -0.25) is 4.98 Å². The monoisotopic (exact) mass is 418 g/mol. The van der Waals surface area contributed by atoms with Crippen LogP contribution in [0, 0.1) is 0 Å². The summed E-state index contributed by atoms with van der Waals surface area (Å²) in [6, 6.07) is 25.3. The molecule has 2 aromatic heterocycles. The summed E-state index contributed by atoms with van der Waals surface area (Å²) in [6.07, 6.45) is 8.78. The molecule has 2 heteroatoms. The van der Waals surface area contributed by atoms with E-state index in [1.165, 1.54) is 75.8 Å². The van der Waals surface area contributed by atoms with E-state index in [-0.39, 0.29) is 0 Å². The van der Waals surface area contributed by atoms with Crippen molar-refractivity contribution in [2.24, 2.45) is 0 Å². The van der Waals surface area contributed by atoms with Crippen molar-refractivity contribution in [3.8, 4) is 11.3 Å². The van der Waals surface area contributed by atoms with Gasteiger partial charge in [0.1, 0.15) is 0 Å². The smallest absolute Gasteiger partial charge is 0.0781 e. The normalized spacial score (nSPS) is 15.3. The van der Waals surface area contributed by atoms with E-state index >= 15 is 0 Å². The van der Waals surface area contributed by atoms with E-state index in [2.05, 4.69) is 85.1 Å². The SMILES string of the molecule is CC(C)n1c2ccccc2c2ccc(-c3nccc4cc(C5CCCCC5)ccc34)cc21. The van der Waals surface area contributed by atoms with Crippen LogP contribution in [0.25, 0.3) is 43.8 Å². The van der Waals surface area contributed by atoms with Crippen LogP contribution >= 0.6 is 0 Å². The van der Waals surface area contributed by atoms with Gasteiger partial charge in [0, 0.05) is 39.5 Å². The maximum atomic E-state index is 4.85. The Morgan fingerprint density at radius 3 is 2.41 bits per heavy atom. The van der Waals surface area contributed by atoms with Crippen LogP contribution in [0.15, 0.2) is 72.9 Å². The number of hydrogen-bond acceptors (Lipinski definition) is 1. The van der Waals surface area contributed by atoms with Gasteiger partial charge in [0.15, 0.2) is 0 Å². The summed E-state index contributed by atoms with van der Waals surface area (Å²) < 4.78 is 2.46. The third-order valence-electron chi connectivity index (χ3n) is 7.37. The highest BCUT2D eigenvalue weighted by Gasteiger charge is 2.17. The summed E-state index contributed by atoms with van der Waals surface area (Å²) >= 11 is 0. The molecule has 0 aliphatic heterocycles. The van der Waals surface area contributed by atoms with Gasteiger partial charge in [-0.15, -0.1) is 0 Å². The predicted octanol–water partition coefficient (Wildman–Crippen LogP) is 8.64. The van der Waals surface area contributed by atoms with Gasteiger partial charge in [-0.05, 0) is 61.8 Å². The Hall–Kier alpha value is -3.13. The second-order valence-electron chi connectivity index (χ2n) is 9.69. The van der Waals surface area contributed by atoms with Crippen LogP contribution in [-0.4, -0.2) is 9.55 Å². The minimum atomic E-state index is 0.395. The molecule has 160 valence electrons. The fourth-order valence-corrected chi connectivity index (χ4v) is 5.82. The van der Waals surface area contributed by atoms with Crippen LogP contribution in [0.2, 0.25) is 0 Å². The van der Waals surface area contributed by atoms with E-state index < -0.39 is 0 Å². The Kier molecular flexibility index (Phi) is 4.75. The largest absolute Gasteiger partial charge is 0.338 e.